The van der Waals surface area contributed by atoms with Gasteiger partial charge in [0.25, 0.3) is 0 Å². The van der Waals surface area contributed by atoms with Crippen molar-refractivity contribution in [3.05, 3.63) is 0 Å². The van der Waals surface area contributed by atoms with Crippen LogP contribution in [0.2, 0.25) is 0 Å². The van der Waals surface area contributed by atoms with Gasteiger partial charge in [-0.15, -0.1) is 0 Å². The minimum absolute atomic E-state index is 0. The van der Waals surface area contributed by atoms with Gasteiger partial charge in [0.1, 0.15) is 0 Å². The van der Waals surface area contributed by atoms with Crippen LogP contribution in [0.1, 0.15) is 90.9 Å². The van der Waals surface area contributed by atoms with Crippen LogP contribution in [-0.4, -0.2) is 17.2 Å². The monoisotopic (exact) mass is 432 g/mol. The molecule has 0 saturated heterocycles. The molecule has 2 nitrogen and oxygen atoms in total. The summed E-state index contributed by atoms with van der Waals surface area (Å²) in [5.74, 6) is 0. The van der Waals surface area contributed by atoms with Gasteiger partial charge < -0.3 is 4.89 Å². The van der Waals surface area contributed by atoms with E-state index >= 15 is 0 Å². The molecule has 1 N–H and O–H groups in total. The van der Waals surface area contributed by atoms with Crippen LogP contribution in [0.3, 0.4) is 0 Å². The summed E-state index contributed by atoms with van der Waals surface area (Å²) in [7, 11) is -2.80. The molecule has 0 aliphatic heterocycles. The van der Waals surface area contributed by atoms with Crippen molar-refractivity contribution in [3.8, 4) is 0 Å². The van der Waals surface area contributed by atoms with Crippen LogP contribution < -0.4 is 0 Å². The standard InChI is InChI=1S/C16H35O2P.Nd/c1-3-5-7-9-11-13-15-19(17,18)16-14-12-10-8-6-4-2;/h3-16H2,1-2H3,(H,17,18);. The van der Waals surface area contributed by atoms with Crippen molar-refractivity contribution in [3.63, 3.8) is 0 Å². The molecule has 0 aromatic rings. The molecule has 0 aromatic heterocycles. The van der Waals surface area contributed by atoms with Crippen LogP contribution in [0.5, 0.6) is 0 Å². The summed E-state index contributed by atoms with van der Waals surface area (Å²) in [6.07, 6.45) is 15.4. The van der Waals surface area contributed by atoms with Gasteiger partial charge in [0.2, 0.25) is 7.37 Å². The Morgan fingerprint density at radius 3 is 1.30 bits per heavy atom. The van der Waals surface area contributed by atoms with Crippen molar-refractivity contribution in [1.29, 1.82) is 0 Å². The van der Waals surface area contributed by atoms with Crippen molar-refractivity contribution in [2.75, 3.05) is 12.3 Å². The largest absolute Gasteiger partial charge is 0.344 e. The van der Waals surface area contributed by atoms with Crippen LogP contribution in [0, 0.1) is 40.8 Å². The number of hydrogen-bond acceptors (Lipinski definition) is 1. The second-order valence-corrected chi connectivity index (χ2v) is 8.42. The maximum absolute atomic E-state index is 11.9. The minimum Gasteiger partial charge on any atom is -0.344 e. The van der Waals surface area contributed by atoms with Crippen LogP contribution >= 0.6 is 7.37 Å². The summed E-state index contributed by atoms with van der Waals surface area (Å²) in [5, 5.41) is 0. The average Bonchev–Trinajstić information content (AvgIpc) is 2.38. The molecular formula is C16H35NdO2P. The Labute approximate surface area is 159 Å². The first-order valence-corrected chi connectivity index (χ1v) is 10.5. The number of hydrogen-bond donors (Lipinski definition) is 1. The molecule has 0 amide bonds. The molecule has 0 bridgehead atoms. The van der Waals surface area contributed by atoms with Crippen molar-refractivity contribution in [1.82, 2.24) is 0 Å². The Balaban J connectivity index is 0. The molecule has 0 rings (SSSR count). The molecular weight excluding hydrogens is 399 g/mol. The Morgan fingerprint density at radius 2 is 0.950 bits per heavy atom. The van der Waals surface area contributed by atoms with Crippen LogP contribution in [0.25, 0.3) is 0 Å². The minimum atomic E-state index is -2.80. The quantitative estimate of drug-likeness (QED) is 0.270. The van der Waals surface area contributed by atoms with Gasteiger partial charge in [-0.3, -0.25) is 4.57 Å². The van der Waals surface area contributed by atoms with E-state index in [1.54, 1.807) is 0 Å². The second-order valence-electron chi connectivity index (χ2n) is 5.83. The first kappa shape index (κ1) is 23.8. The predicted molar refractivity (Wildman–Crippen MR) is 86.3 cm³/mol. The van der Waals surface area contributed by atoms with E-state index in [1.165, 1.54) is 51.4 Å². The first-order chi connectivity index (χ1) is 9.12. The molecule has 0 heterocycles. The normalized spacial score (nSPS) is 11.3. The van der Waals surface area contributed by atoms with E-state index in [0.29, 0.717) is 12.3 Å². The van der Waals surface area contributed by atoms with E-state index in [0.717, 1.165) is 25.7 Å². The summed E-state index contributed by atoms with van der Waals surface area (Å²) < 4.78 is 11.9. The van der Waals surface area contributed by atoms with E-state index in [4.69, 9.17) is 0 Å². The van der Waals surface area contributed by atoms with E-state index in [2.05, 4.69) is 13.8 Å². The summed E-state index contributed by atoms with van der Waals surface area (Å²) in [4.78, 5) is 9.88. The summed E-state index contributed by atoms with van der Waals surface area (Å²) in [6.45, 7) is 4.42. The zero-order valence-corrected chi connectivity index (χ0v) is 17.8. The smallest absolute Gasteiger partial charge is 0.200 e. The third kappa shape index (κ3) is 17.6. The average molecular weight is 435 g/mol. The molecule has 0 unspecified atom stereocenters. The SMILES string of the molecule is CCCCCCCCP(=O)(O)CCCCCCCC.[Nd]. The fraction of sp³-hybridized carbons (Fsp3) is 1.00. The van der Waals surface area contributed by atoms with Gasteiger partial charge in [0.05, 0.1) is 0 Å². The van der Waals surface area contributed by atoms with Crippen LogP contribution in [0.15, 0.2) is 0 Å². The molecule has 0 spiro atoms. The zero-order valence-electron chi connectivity index (χ0n) is 13.7. The van der Waals surface area contributed by atoms with E-state index in [-0.39, 0.29) is 40.8 Å². The Kier molecular flexibility index (Phi) is 20.1. The molecule has 0 fully saturated rings. The molecule has 0 radical (unpaired) electrons. The van der Waals surface area contributed by atoms with Crippen LogP contribution in [0.4, 0.5) is 0 Å². The van der Waals surface area contributed by atoms with Gasteiger partial charge in [0.15, 0.2) is 0 Å². The van der Waals surface area contributed by atoms with Gasteiger partial charge in [-0.05, 0) is 12.8 Å². The molecule has 0 aliphatic rings. The molecule has 4 heteroatoms. The number of unbranched alkanes of at least 4 members (excludes halogenated alkanes) is 10. The molecule has 0 atom stereocenters. The molecule has 0 aromatic carbocycles. The first-order valence-electron chi connectivity index (χ1n) is 8.43. The third-order valence-corrected chi connectivity index (χ3v) is 5.75. The van der Waals surface area contributed by atoms with Crippen molar-refractivity contribution in [2.45, 2.75) is 90.9 Å². The predicted octanol–water partition coefficient (Wildman–Crippen LogP) is 5.98. The molecule has 0 saturated carbocycles. The summed E-state index contributed by atoms with van der Waals surface area (Å²) in [6, 6.07) is 0. The van der Waals surface area contributed by atoms with Crippen molar-refractivity contribution < 1.29 is 50.3 Å². The Hall–Kier alpha value is 1.54. The zero-order chi connectivity index (χ0) is 14.4. The van der Waals surface area contributed by atoms with Crippen molar-refractivity contribution >= 4 is 7.37 Å². The topological polar surface area (TPSA) is 37.3 Å². The van der Waals surface area contributed by atoms with Gasteiger partial charge in [0, 0.05) is 53.2 Å². The Morgan fingerprint density at radius 1 is 0.650 bits per heavy atom. The van der Waals surface area contributed by atoms with Crippen molar-refractivity contribution in [2.24, 2.45) is 0 Å². The van der Waals surface area contributed by atoms with E-state index in [1.807, 2.05) is 0 Å². The van der Waals surface area contributed by atoms with Crippen LogP contribution in [-0.2, 0) is 4.57 Å². The second kappa shape index (κ2) is 16.9. The van der Waals surface area contributed by atoms with Gasteiger partial charge in [-0.1, -0.05) is 78.1 Å². The number of rotatable bonds is 14. The third-order valence-electron chi connectivity index (χ3n) is 3.72. The maximum Gasteiger partial charge on any atom is 0.200 e. The molecule has 0 aliphatic carbocycles. The Bertz CT molecular complexity index is 215. The fourth-order valence-electron chi connectivity index (χ4n) is 2.39. The maximum atomic E-state index is 11.9. The van der Waals surface area contributed by atoms with E-state index < -0.39 is 7.37 Å². The van der Waals surface area contributed by atoms with Gasteiger partial charge in [-0.2, -0.15) is 0 Å². The van der Waals surface area contributed by atoms with Gasteiger partial charge >= 0.3 is 0 Å². The summed E-state index contributed by atoms with van der Waals surface area (Å²) in [5.41, 5.74) is 0. The summed E-state index contributed by atoms with van der Waals surface area (Å²) >= 11 is 0. The van der Waals surface area contributed by atoms with E-state index in [9.17, 15) is 9.46 Å². The van der Waals surface area contributed by atoms with Gasteiger partial charge in [-0.25, -0.2) is 0 Å². The molecule has 120 valence electrons. The molecule has 20 heavy (non-hydrogen) atoms. The fourth-order valence-corrected chi connectivity index (χ4v) is 4.05.